The lowest BCUT2D eigenvalue weighted by atomic mass is 9.76. The van der Waals surface area contributed by atoms with Gasteiger partial charge < -0.3 is 9.47 Å². The Balaban J connectivity index is 1.43. The monoisotopic (exact) mass is 532 g/mol. The summed E-state index contributed by atoms with van der Waals surface area (Å²) in [5, 5.41) is 0.575. The molecule has 1 aliphatic heterocycles. The van der Waals surface area contributed by atoms with Gasteiger partial charge in [-0.25, -0.2) is 9.78 Å². The fourth-order valence-electron chi connectivity index (χ4n) is 5.70. The zero-order chi connectivity index (χ0) is 26.8. The molecule has 2 heterocycles. The van der Waals surface area contributed by atoms with Crippen molar-refractivity contribution in [2.75, 3.05) is 18.0 Å². The number of urea groups is 1. The topological polar surface area (TPSA) is 41.4 Å². The third-order valence-electron chi connectivity index (χ3n) is 7.62. The van der Waals surface area contributed by atoms with E-state index >= 15 is 0 Å². The van der Waals surface area contributed by atoms with E-state index in [1.165, 1.54) is 0 Å². The molecule has 1 aliphatic rings. The minimum Gasteiger partial charge on any atom is -0.317 e. The number of nitrogens with zero attached hydrogens (tertiary/aromatic N) is 4. The summed E-state index contributed by atoms with van der Waals surface area (Å²) in [6, 6.07) is 39.0. The van der Waals surface area contributed by atoms with E-state index in [9.17, 15) is 4.79 Å². The number of para-hydroxylation sites is 1. The van der Waals surface area contributed by atoms with Crippen molar-refractivity contribution in [3.8, 4) is 0 Å². The molecule has 0 N–H and O–H groups in total. The van der Waals surface area contributed by atoms with Gasteiger partial charge in [0.05, 0.1) is 29.3 Å². The van der Waals surface area contributed by atoms with Crippen LogP contribution in [0.2, 0.25) is 5.02 Å². The third-order valence-corrected chi connectivity index (χ3v) is 7.94. The van der Waals surface area contributed by atoms with Gasteiger partial charge in [0.2, 0.25) is 0 Å². The quantitative estimate of drug-likeness (QED) is 0.209. The van der Waals surface area contributed by atoms with Gasteiger partial charge in [-0.1, -0.05) is 115 Å². The molecule has 39 heavy (non-hydrogen) atoms. The summed E-state index contributed by atoms with van der Waals surface area (Å²) in [5.41, 5.74) is 5.39. The first kappa shape index (κ1) is 25.0. The van der Waals surface area contributed by atoms with Gasteiger partial charge in [0.1, 0.15) is 5.54 Å². The molecule has 5 aromatic rings. The van der Waals surface area contributed by atoms with E-state index in [4.69, 9.17) is 16.6 Å². The van der Waals surface area contributed by atoms with Crippen molar-refractivity contribution in [1.82, 2.24) is 14.5 Å². The van der Waals surface area contributed by atoms with Crippen molar-refractivity contribution >= 4 is 23.3 Å². The molecule has 4 aromatic carbocycles. The Morgan fingerprint density at radius 1 is 0.744 bits per heavy atom. The number of carbonyl (C=O) groups excluding carboxylic acids is 1. The second kappa shape index (κ2) is 10.4. The number of hydrogen-bond donors (Lipinski definition) is 0. The molecule has 6 rings (SSSR count). The van der Waals surface area contributed by atoms with Crippen LogP contribution in [0.15, 0.2) is 122 Å². The Bertz CT molecular complexity index is 1490. The molecule has 2 amide bonds. The van der Waals surface area contributed by atoms with Gasteiger partial charge in [-0.05, 0) is 35.7 Å². The highest BCUT2D eigenvalue weighted by Gasteiger charge is 2.40. The first-order valence-corrected chi connectivity index (χ1v) is 13.5. The molecular weight excluding hydrogens is 504 g/mol. The Morgan fingerprint density at radius 2 is 1.26 bits per heavy atom. The average Bonchev–Trinajstić information content (AvgIpc) is 3.53. The van der Waals surface area contributed by atoms with Gasteiger partial charge in [0.15, 0.2) is 0 Å². The van der Waals surface area contributed by atoms with Gasteiger partial charge in [0, 0.05) is 18.8 Å². The summed E-state index contributed by atoms with van der Waals surface area (Å²) in [5.74, 6) is 0. The number of amides is 2. The van der Waals surface area contributed by atoms with E-state index in [2.05, 4.69) is 84.3 Å². The number of rotatable bonds is 7. The van der Waals surface area contributed by atoms with E-state index in [-0.39, 0.29) is 6.03 Å². The molecule has 0 unspecified atom stereocenters. The molecule has 0 radical (unpaired) electrons. The predicted molar refractivity (Wildman–Crippen MR) is 156 cm³/mol. The van der Waals surface area contributed by atoms with Crippen molar-refractivity contribution in [1.29, 1.82) is 0 Å². The highest BCUT2D eigenvalue weighted by atomic mass is 35.5. The zero-order valence-electron chi connectivity index (χ0n) is 21.7. The molecule has 0 aliphatic carbocycles. The number of imidazole rings is 1. The van der Waals surface area contributed by atoms with Crippen LogP contribution >= 0.6 is 11.6 Å². The van der Waals surface area contributed by atoms with E-state index in [0.29, 0.717) is 24.7 Å². The lowest BCUT2D eigenvalue weighted by Crippen LogP contribution is -2.38. The zero-order valence-corrected chi connectivity index (χ0v) is 22.5. The first-order chi connectivity index (χ1) is 19.1. The van der Waals surface area contributed by atoms with Crippen LogP contribution < -0.4 is 4.90 Å². The number of anilines is 1. The summed E-state index contributed by atoms with van der Waals surface area (Å²) < 4.78 is 2.26. The maximum absolute atomic E-state index is 13.4. The molecule has 1 fully saturated rings. The Morgan fingerprint density at radius 3 is 1.79 bits per heavy atom. The highest BCUT2D eigenvalue weighted by Crippen LogP contribution is 2.42. The summed E-state index contributed by atoms with van der Waals surface area (Å²) in [6.45, 7) is 3.72. The molecule has 5 nitrogen and oxygen atoms in total. The van der Waals surface area contributed by atoms with Crippen molar-refractivity contribution in [2.45, 2.75) is 19.0 Å². The van der Waals surface area contributed by atoms with E-state index in [0.717, 1.165) is 33.8 Å². The summed E-state index contributed by atoms with van der Waals surface area (Å²) in [6.07, 6.45) is 1.92. The van der Waals surface area contributed by atoms with Crippen LogP contribution in [0.1, 0.15) is 28.1 Å². The van der Waals surface area contributed by atoms with Crippen molar-refractivity contribution in [3.63, 3.8) is 0 Å². The molecule has 194 valence electrons. The number of hydrogen-bond acceptors (Lipinski definition) is 2. The van der Waals surface area contributed by atoms with Gasteiger partial charge in [0.25, 0.3) is 0 Å². The molecule has 1 aromatic heterocycles. The molecular formula is C33H29ClN4O. The molecule has 0 spiro atoms. The normalized spacial score (nSPS) is 13.7. The van der Waals surface area contributed by atoms with Gasteiger partial charge >= 0.3 is 6.03 Å². The van der Waals surface area contributed by atoms with Crippen molar-refractivity contribution in [2.24, 2.45) is 0 Å². The SMILES string of the molecule is Cc1c(CN2CCN(c3ccccc3Cl)C2=O)ncn1C(c1ccccc1)(c1ccccc1)c1ccccc1. The lowest BCUT2D eigenvalue weighted by Gasteiger charge is -2.38. The predicted octanol–water partition coefficient (Wildman–Crippen LogP) is 7.13. The molecule has 0 saturated carbocycles. The summed E-state index contributed by atoms with van der Waals surface area (Å²) in [7, 11) is 0. The Kier molecular flexibility index (Phi) is 6.67. The van der Waals surface area contributed by atoms with Gasteiger partial charge in [-0.3, -0.25) is 4.90 Å². The van der Waals surface area contributed by atoms with Crippen LogP contribution in [0.4, 0.5) is 10.5 Å². The standard InChI is InChI=1S/C33H29ClN4O/c1-25-30(23-36-21-22-37(32(36)39)31-20-12-11-19-29(31)34)35-24-38(25)33(26-13-5-2-6-14-26,27-15-7-3-8-16-27)28-17-9-4-10-18-28/h2-20,24H,21-23H2,1H3. The van der Waals surface area contributed by atoms with E-state index < -0.39 is 5.54 Å². The number of carbonyl (C=O) groups is 1. The Labute approximate surface area is 233 Å². The molecule has 1 saturated heterocycles. The first-order valence-electron chi connectivity index (χ1n) is 13.1. The Hall–Kier alpha value is -4.35. The summed E-state index contributed by atoms with van der Waals surface area (Å²) >= 11 is 6.40. The summed E-state index contributed by atoms with van der Waals surface area (Å²) in [4.78, 5) is 21.9. The van der Waals surface area contributed by atoms with Gasteiger partial charge in [-0.2, -0.15) is 0 Å². The number of halogens is 1. The van der Waals surface area contributed by atoms with Crippen LogP contribution in [-0.4, -0.2) is 33.6 Å². The highest BCUT2D eigenvalue weighted by molar-refractivity contribution is 6.33. The number of benzene rings is 4. The molecule has 0 bridgehead atoms. The average molecular weight is 533 g/mol. The van der Waals surface area contributed by atoms with Crippen LogP contribution in [0.25, 0.3) is 0 Å². The maximum atomic E-state index is 13.4. The van der Waals surface area contributed by atoms with E-state index in [1.807, 2.05) is 53.7 Å². The minimum absolute atomic E-state index is 0.0579. The number of aromatic nitrogens is 2. The third kappa shape index (κ3) is 4.29. The smallest absolute Gasteiger partial charge is 0.317 e. The largest absolute Gasteiger partial charge is 0.325 e. The minimum atomic E-state index is -0.641. The fourth-order valence-corrected chi connectivity index (χ4v) is 5.94. The second-order valence-electron chi connectivity index (χ2n) is 9.76. The lowest BCUT2D eigenvalue weighted by molar-refractivity contribution is 0.218. The molecule has 6 heteroatoms. The fraction of sp³-hybridized carbons (Fsp3) is 0.152. The van der Waals surface area contributed by atoms with Crippen LogP contribution in [0.5, 0.6) is 0 Å². The van der Waals surface area contributed by atoms with Gasteiger partial charge in [-0.15, -0.1) is 0 Å². The molecule has 0 atom stereocenters. The van der Waals surface area contributed by atoms with Crippen LogP contribution in [-0.2, 0) is 12.1 Å². The second-order valence-corrected chi connectivity index (χ2v) is 10.2. The van der Waals surface area contributed by atoms with Crippen LogP contribution in [0.3, 0.4) is 0 Å². The van der Waals surface area contributed by atoms with E-state index in [1.54, 1.807) is 4.90 Å². The van der Waals surface area contributed by atoms with Crippen molar-refractivity contribution < 1.29 is 4.79 Å². The van der Waals surface area contributed by atoms with Crippen LogP contribution in [0, 0.1) is 6.92 Å². The maximum Gasteiger partial charge on any atom is 0.325 e. The van der Waals surface area contributed by atoms with Crippen molar-refractivity contribution in [3.05, 3.63) is 155 Å².